The van der Waals surface area contributed by atoms with Crippen molar-refractivity contribution in [2.45, 2.75) is 71.6 Å². The number of alkyl halides is 3. The van der Waals surface area contributed by atoms with Crippen molar-refractivity contribution in [3.8, 4) is 0 Å². The molecule has 1 aromatic carbocycles. The Kier molecular flexibility index (Phi) is 10.7. The lowest BCUT2D eigenvalue weighted by Crippen LogP contribution is -2.39. The number of carbonyl (C=O) groups excluding carboxylic acids is 1. The predicted molar refractivity (Wildman–Crippen MR) is 99.0 cm³/mol. The maximum absolute atomic E-state index is 12.5. The molecule has 1 unspecified atom stereocenters. The number of aliphatic hydroxyl groups is 1. The van der Waals surface area contributed by atoms with Crippen LogP contribution in [0.4, 0.5) is 13.2 Å². The fourth-order valence-corrected chi connectivity index (χ4v) is 2.50. The molecule has 0 bridgehead atoms. The number of rotatable bonds is 2. The number of nitrogens with two attached hydrogens (primary N) is 1. The van der Waals surface area contributed by atoms with Gasteiger partial charge in [0.25, 0.3) is 0 Å². The Balaban J connectivity index is 0.000000514. The zero-order valence-electron chi connectivity index (χ0n) is 16.2. The molecule has 1 atom stereocenters. The molecule has 0 aliphatic heterocycles. The SMILES string of the molecule is CC(=O)c1ccc(C(C)(O)C(F)(F)F)cc1.CC1CCCCC1.CCN. The van der Waals surface area contributed by atoms with E-state index < -0.39 is 11.8 Å². The highest BCUT2D eigenvalue weighted by atomic mass is 19.4. The molecular weight excluding hydrogens is 343 g/mol. The Morgan fingerprint density at radius 3 is 1.85 bits per heavy atom. The molecule has 1 aromatic rings. The van der Waals surface area contributed by atoms with Gasteiger partial charge in [0.1, 0.15) is 0 Å². The van der Waals surface area contributed by atoms with E-state index in [4.69, 9.17) is 5.73 Å². The highest BCUT2D eigenvalue weighted by Gasteiger charge is 2.51. The van der Waals surface area contributed by atoms with Crippen molar-refractivity contribution < 1.29 is 23.1 Å². The van der Waals surface area contributed by atoms with Crippen molar-refractivity contribution in [2.75, 3.05) is 6.54 Å². The number of hydrogen-bond acceptors (Lipinski definition) is 3. The van der Waals surface area contributed by atoms with E-state index in [-0.39, 0.29) is 11.3 Å². The molecule has 2 rings (SSSR count). The van der Waals surface area contributed by atoms with E-state index in [1.807, 2.05) is 6.92 Å². The molecule has 6 heteroatoms. The summed E-state index contributed by atoms with van der Waals surface area (Å²) in [7, 11) is 0. The van der Waals surface area contributed by atoms with E-state index in [9.17, 15) is 23.1 Å². The Morgan fingerprint density at radius 2 is 1.58 bits per heavy atom. The Labute approximate surface area is 154 Å². The number of benzene rings is 1. The van der Waals surface area contributed by atoms with Crippen molar-refractivity contribution >= 4 is 5.78 Å². The van der Waals surface area contributed by atoms with Crippen LogP contribution < -0.4 is 5.73 Å². The number of hydrogen-bond donors (Lipinski definition) is 2. The second-order valence-corrected chi connectivity index (χ2v) is 6.85. The van der Waals surface area contributed by atoms with E-state index in [2.05, 4.69) is 6.92 Å². The first-order chi connectivity index (χ1) is 12.0. The normalized spacial score (nSPS) is 17.1. The molecule has 26 heavy (non-hydrogen) atoms. The van der Waals surface area contributed by atoms with Crippen molar-refractivity contribution in [1.29, 1.82) is 0 Å². The smallest absolute Gasteiger partial charge is 0.376 e. The zero-order valence-corrected chi connectivity index (χ0v) is 16.2. The highest BCUT2D eigenvalue weighted by molar-refractivity contribution is 5.94. The Morgan fingerprint density at radius 1 is 1.15 bits per heavy atom. The lowest BCUT2D eigenvalue weighted by atomic mass is 9.91. The molecule has 0 radical (unpaired) electrons. The van der Waals surface area contributed by atoms with Crippen LogP contribution in [0, 0.1) is 5.92 Å². The van der Waals surface area contributed by atoms with Crippen LogP contribution in [0.1, 0.15) is 75.7 Å². The number of Topliss-reactive ketones (excluding diaryl/α,β-unsaturated/α-hetero) is 1. The van der Waals surface area contributed by atoms with Gasteiger partial charge in [-0.15, -0.1) is 0 Å². The van der Waals surface area contributed by atoms with E-state index >= 15 is 0 Å². The minimum atomic E-state index is -4.75. The molecule has 0 spiro atoms. The predicted octanol–water partition coefficient (Wildman–Crippen LogP) is 5.21. The van der Waals surface area contributed by atoms with E-state index in [0.29, 0.717) is 12.5 Å². The summed E-state index contributed by atoms with van der Waals surface area (Å²) in [6.45, 7) is 7.01. The van der Waals surface area contributed by atoms with Crippen molar-refractivity contribution in [3.05, 3.63) is 35.4 Å². The van der Waals surface area contributed by atoms with Gasteiger partial charge in [-0.05, 0) is 31.9 Å². The zero-order chi connectivity index (χ0) is 20.4. The van der Waals surface area contributed by atoms with Crippen LogP contribution in [0.15, 0.2) is 24.3 Å². The summed E-state index contributed by atoms with van der Waals surface area (Å²) in [6.07, 6.45) is 2.69. The standard InChI is InChI=1S/C11H11F3O2.C7H14.C2H7N/c1-7(15)8-3-5-9(6-4-8)10(2,16)11(12,13)14;1-7-5-3-2-4-6-7;1-2-3/h3-6,16H,1-2H3;7H,2-6H2,1H3;2-3H2,1H3. The first-order valence-electron chi connectivity index (χ1n) is 9.08. The quantitative estimate of drug-likeness (QED) is 0.698. The number of carbonyl (C=O) groups is 1. The van der Waals surface area contributed by atoms with Gasteiger partial charge in [-0.25, -0.2) is 0 Å². The van der Waals surface area contributed by atoms with Gasteiger partial charge in [0.05, 0.1) is 0 Å². The first-order valence-corrected chi connectivity index (χ1v) is 9.08. The fraction of sp³-hybridized carbons (Fsp3) is 0.650. The van der Waals surface area contributed by atoms with Crippen LogP contribution in [-0.2, 0) is 5.60 Å². The van der Waals surface area contributed by atoms with Crippen LogP contribution >= 0.6 is 0 Å². The summed E-state index contributed by atoms with van der Waals surface area (Å²) in [4.78, 5) is 10.9. The number of ketones is 1. The molecule has 0 aromatic heterocycles. The minimum Gasteiger partial charge on any atom is -0.376 e. The van der Waals surface area contributed by atoms with Crippen molar-refractivity contribution in [1.82, 2.24) is 0 Å². The molecule has 0 amide bonds. The summed E-state index contributed by atoms with van der Waals surface area (Å²) in [5.41, 5.74) is 1.97. The summed E-state index contributed by atoms with van der Waals surface area (Å²) >= 11 is 0. The molecule has 1 saturated carbocycles. The second-order valence-electron chi connectivity index (χ2n) is 6.85. The summed E-state index contributed by atoms with van der Waals surface area (Å²) in [6, 6.07) is 4.73. The molecule has 3 N–H and O–H groups in total. The topological polar surface area (TPSA) is 63.3 Å². The molecule has 1 fully saturated rings. The lowest BCUT2D eigenvalue weighted by Gasteiger charge is -2.26. The van der Waals surface area contributed by atoms with Gasteiger partial charge in [-0.3, -0.25) is 4.79 Å². The third kappa shape index (κ3) is 8.32. The van der Waals surface area contributed by atoms with Crippen LogP contribution in [0.5, 0.6) is 0 Å². The van der Waals surface area contributed by atoms with E-state index in [1.165, 1.54) is 51.2 Å². The van der Waals surface area contributed by atoms with Crippen LogP contribution in [0.3, 0.4) is 0 Å². The molecular formula is C20H32F3NO2. The van der Waals surface area contributed by atoms with Gasteiger partial charge < -0.3 is 10.8 Å². The lowest BCUT2D eigenvalue weighted by molar-refractivity contribution is -0.258. The Hall–Kier alpha value is -1.40. The third-order valence-electron chi connectivity index (χ3n) is 4.30. The van der Waals surface area contributed by atoms with Crippen molar-refractivity contribution in [2.24, 2.45) is 11.7 Å². The highest BCUT2D eigenvalue weighted by Crippen LogP contribution is 2.38. The molecule has 150 valence electrons. The molecule has 1 aliphatic rings. The summed E-state index contributed by atoms with van der Waals surface area (Å²) in [5, 5.41) is 9.34. The summed E-state index contributed by atoms with van der Waals surface area (Å²) in [5.74, 6) is 0.798. The van der Waals surface area contributed by atoms with Gasteiger partial charge >= 0.3 is 6.18 Å². The third-order valence-corrected chi connectivity index (χ3v) is 4.30. The first kappa shape index (κ1) is 24.6. The maximum atomic E-state index is 12.5. The monoisotopic (exact) mass is 375 g/mol. The fourth-order valence-electron chi connectivity index (χ4n) is 2.50. The van der Waals surface area contributed by atoms with Crippen LogP contribution in [0.25, 0.3) is 0 Å². The number of halogens is 3. The van der Waals surface area contributed by atoms with Gasteiger partial charge in [-0.1, -0.05) is 70.2 Å². The molecule has 0 saturated heterocycles. The largest absolute Gasteiger partial charge is 0.421 e. The molecule has 1 aliphatic carbocycles. The summed E-state index contributed by atoms with van der Waals surface area (Å²) < 4.78 is 37.4. The average Bonchev–Trinajstić information content (AvgIpc) is 2.56. The minimum absolute atomic E-state index is 0.238. The van der Waals surface area contributed by atoms with Crippen LogP contribution in [-0.4, -0.2) is 23.6 Å². The Bertz CT molecular complexity index is 519. The average molecular weight is 375 g/mol. The molecule has 3 nitrogen and oxygen atoms in total. The van der Waals surface area contributed by atoms with Crippen molar-refractivity contribution in [3.63, 3.8) is 0 Å². The van der Waals surface area contributed by atoms with Gasteiger partial charge in [0.2, 0.25) is 0 Å². The van der Waals surface area contributed by atoms with Gasteiger partial charge in [-0.2, -0.15) is 13.2 Å². The van der Waals surface area contributed by atoms with Gasteiger partial charge in [0.15, 0.2) is 11.4 Å². The second kappa shape index (κ2) is 11.3. The maximum Gasteiger partial charge on any atom is 0.421 e. The van der Waals surface area contributed by atoms with Crippen LogP contribution in [0.2, 0.25) is 0 Å². The van der Waals surface area contributed by atoms with Gasteiger partial charge in [0, 0.05) is 5.56 Å². The molecule has 0 heterocycles. The van der Waals surface area contributed by atoms with E-state index in [0.717, 1.165) is 24.6 Å². The van der Waals surface area contributed by atoms with E-state index in [1.54, 1.807) is 0 Å².